The van der Waals surface area contributed by atoms with E-state index in [1.54, 1.807) is 42.6 Å². The predicted molar refractivity (Wildman–Crippen MR) is 77.7 cm³/mol. The zero-order valence-electron chi connectivity index (χ0n) is 10.3. The quantitative estimate of drug-likeness (QED) is 0.842. The van der Waals surface area contributed by atoms with Crippen LogP contribution < -0.4 is 5.32 Å². The zero-order valence-corrected chi connectivity index (χ0v) is 11.9. The van der Waals surface area contributed by atoms with Crippen molar-refractivity contribution in [2.45, 2.75) is 6.42 Å². The van der Waals surface area contributed by atoms with Crippen LogP contribution in [0, 0.1) is 0 Å². The SMILES string of the molecule is O=C(O)Cc1ccc(NC(=O)c2cccnc2Br)cc1. The summed E-state index contributed by atoms with van der Waals surface area (Å²) < 4.78 is 0.472. The molecule has 102 valence electrons. The first-order valence-corrected chi connectivity index (χ1v) is 6.58. The van der Waals surface area contributed by atoms with Crippen molar-refractivity contribution >= 4 is 33.5 Å². The predicted octanol–water partition coefficient (Wildman–Crippen LogP) is 2.72. The van der Waals surface area contributed by atoms with Crippen LogP contribution in [0.3, 0.4) is 0 Å². The first kappa shape index (κ1) is 14.2. The van der Waals surface area contributed by atoms with E-state index in [0.717, 1.165) is 0 Å². The normalized spacial score (nSPS) is 10.1. The summed E-state index contributed by atoms with van der Waals surface area (Å²) in [4.78, 5) is 26.6. The van der Waals surface area contributed by atoms with Gasteiger partial charge in [0.2, 0.25) is 0 Å². The van der Waals surface area contributed by atoms with Crippen LogP contribution in [0.15, 0.2) is 47.2 Å². The maximum absolute atomic E-state index is 12.0. The maximum atomic E-state index is 12.0. The van der Waals surface area contributed by atoms with Crippen molar-refractivity contribution < 1.29 is 14.7 Å². The lowest BCUT2D eigenvalue weighted by Crippen LogP contribution is -2.13. The fraction of sp³-hybridized carbons (Fsp3) is 0.0714. The number of carboxylic acids is 1. The van der Waals surface area contributed by atoms with Gasteiger partial charge in [0, 0.05) is 11.9 Å². The molecule has 0 bridgehead atoms. The second-order valence-electron chi connectivity index (χ2n) is 4.06. The lowest BCUT2D eigenvalue weighted by atomic mass is 10.1. The van der Waals surface area contributed by atoms with Gasteiger partial charge in [-0.3, -0.25) is 9.59 Å². The van der Waals surface area contributed by atoms with Gasteiger partial charge in [0.15, 0.2) is 0 Å². The number of aliphatic carboxylic acids is 1. The molecule has 1 amide bonds. The van der Waals surface area contributed by atoms with E-state index < -0.39 is 5.97 Å². The Hall–Kier alpha value is -2.21. The van der Waals surface area contributed by atoms with Gasteiger partial charge in [0.25, 0.3) is 5.91 Å². The zero-order chi connectivity index (χ0) is 14.5. The minimum atomic E-state index is -0.888. The molecule has 1 aromatic carbocycles. The summed E-state index contributed by atoms with van der Waals surface area (Å²) >= 11 is 3.21. The Balaban J connectivity index is 2.09. The summed E-state index contributed by atoms with van der Waals surface area (Å²) in [5.41, 5.74) is 1.71. The molecule has 0 fully saturated rings. The number of nitrogens with zero attached hydrogens (tertiary/aromatic N) is 1. The van der Waals surface area contributed by atoms with Gasteiger partial charge in [-0.1, -0.05) is 12.1 Å². The molecule has 0 radical (unpaired) electrons. The van der Waals surface area contributed by atoms with Crippen LogP contribution in [-0.2, 0) is 11.2 Å². The van der Waals surface area contributed by atoms with Crippen molar-refractivity contribution in [1.82, 2.24) is 4.98 Å². The summed E-state index contributed by atoms with van der Waals surface area (Å²) in [7, 11) is 0. The van der Waals surface area contributed by atoms with Crippen molar-refractivity contribution in [1.29, 1.82) is 0 Å². The minimum absolute atomic E-state index is 0.0393. The Labute approximate surface area is 123 Å². The van der Waals surface area contributed by atoms with Gasteiger partial charge in [-0.05, 0) is 45.8 Å². The van der Waals surface area contributed by atoms with Crippen LogP contribution in [0.5, 0.6) is 0 Å². The molecular formula is C14H11BrN2O3. The third-order valence-electron chi connectivity index (χ3n) is 2.57. The number of rotatable bonds is 4. The maximum Gasteiger partial charge on any atom is 0.307 e. The van der Waals surface area contributed by atoms with Crippen molar-refractivity contribution in [3.63, 3.8) is 0 Å². The van der Waals surface area contributed by atoms with Crippen molar-refractivity contribution in [3.05, 3.63) is 58.3 Å². The summed E-state index contributed by atoms with van der Waals surface area (Å²) in [6, 6.07) is 10.0. The lowest BCUT2D eigenvalue weighted by molar-refractivity contribution is -0.136. The fourth-order valence-electron chi connectivity index (χ4n) is 1.63. The number of amides is 1. The molecular weight excluding hydrogens is 324 g/mol. The highest BCUT2D eigenvalue weighted by Crippen LogP contribution is 2.16. The van der Waals surface area contributed by atoms with Gasteiger partial charge in [0.1, 0.15) is 4.60 Å². The van der Waals surface area contributed by atoms with E-state index in [0.29, 0.717) is 21.4 Å². The highest BCUT2D eigenvalue weighted by molar-refractivity contribution is 9.10. The van der Waals surface area contributed by atoms with Crippen LogP contribution in [0.25, 0.3) is 0 Å². The van der Waals surface area contributed by atoms with Crippen LogP contribution in [0.4, 0.5) is 5.69 Å². The second-order valence-corrected chi connectivity index (χ2v) is 4.81. The van der Waals surface area contributed by atoms with Crippen LogP contribution in [0.1, 0.15) is 15.9 Å². The van der Waals surface area contributed by atoms with Gasteiger partial charge in [-0.25, -0.2) is 4.98 Å². The topological polar surface area (TPSA) is 79.3 Å². The molecule has 2 N–H and O–H groups in total. The Morgan fingerprint density at radius 2 is 1.90 bits per heavy atom. The highest BCUT2D eigenvalue weighted by Gasteiger charge is 2.10. The van der Waals surface area contributed by atoms with E-state index in [4.69, 9.17) is 5.11 Å². The van der Waals surface area contributed by atoms with Crippen LogP contribution >= 0.6 is 15.9 Å². The van der Waals surface area contributed by atoms with E-state index in [9.17, 15) is 9.59 Å². The van der Waals surface area contributed by atoms with E-state index in [1.165, 1.54) is 0 Å². The van der Waals surface area contributed by atoms with E-state index in [2.05, 4.69) is 26.2 Å². The number of halogens is 1. The average Bonchev–Trinajstić information content (AvgIpc) is 2.41. The smallest absolute Gasteiger partial charge is 0.307 e. The molecule has 0 aliphatic carbocycles. The number of nitrogens with one attached hydrogen (secondary N) is 1. The number of pyridine rings is 1. The Kier molecular flexibility index (Phi) is 4.47. The Morgan fingerprint density at radius 1 is 1.20 bits per heavy atom. The summed E-state index contributed by atoms with van der Waals surface area (Å²) in [5.74, 6) is -1.17. The van der Waals surface area contributed by atoms with Crippen molar-refractivity contribution in [2.75, 3.05) is 5.32 Å². The number of hydrogen-bond donors (Lipinski definition) is 2. The third-order valence-corrected chi connectivity index (χ3v) is 3.20. The fourth-order valence-corrected chi connectivity index (χ4v) is 2.06. The molecule has 2 rings (SSSR count). The number of anilines is 1. The van der Waals surface area contributed by atoms with Gasteiger partial charge in [-0.15, -0.1) is 0 Å². The first-order chi connectivity index (χ1) is 9.56. The first-order valence-electron chi connectivity index (χ1n) is 5.79. The standard InChI is InChI=1S/C14H11BrN2O3/c15-13-11(2-1-7-16-13)14(20)17-10-5-3-9(4-6-10)8-12(18)19/h1-7H,8H2,(H,17,20)(H,18,19). The number of carbonyl (C=O) groups excluding carboxylic acids is 1. The average molecular weight is 335 g/mol. The molecule has 1 aromatic heterocycles. The van der Waals surface area contributed by atoms with Crippen LogP contribution in [-0.4, -0.2) is 22.0 Å². The highest BCUT2D eigenvalue weighted by atomic mass is 79.9. The number of carbonyl (C=O) groups is 2. The molecule has 2 aromatic rings. The number of aromatic nitrogens is 1. The van der Waals surface area contributed by atoms with E-state index in [1.807, 2.05) is 0 Å². The summed E-state index contributed by atoms with van der Waals surface area (Å²) in [6.07, 6.45) is 1.55. The Morgan fingerprint density at radius 3 is 2.50 bits per heavy atom. The largest absolute Gasteiger partial charge is 0.481 e. The molecule has 0 aliphatic rings. The van der Waals surface area contributed by atoms with Gasteiger partial charge in [0.05, 0.1) is 12.0 Å². The molecule has 0 aliphatic heterocycles. The van der Waals surface area contributed by atoms with Crippen molar-refractivity contribution in [3.8, 4) is 0 Å². The van der Waals surface area contributed by atoms with E-state index >= 15 is 0 Å². The summed E-state index contributed by atoms with van der Waals surface area (Å²) in [5, 5.41) is 11.4. The molecule has 6 heteroatoms. The Bertz CT molecular complexity index is 641. The van der Waals surface area contributed by atoms with E-state index in [-0.39, 0.29) is 12.3 Å². The van der Waals surface area contributed by atoms with Gasteiger partial charge in [-0.2, -0.15) is 0 Å². The molecule has 0 atom stereocenters. The summed E-state index contributed by atoms with van der Waals surface area (Å²) in [6.45, 7) is 0. The molecule has 5 nitrogen and oxygen atoms in total. The molecule has 20 heavy (non-hydrogen) atoms. The van der Waals surface area contributed by atoms with Crippen molar-refractivity contribution in [2.24, 2.45) is 0 Å². The number of hydrogen-bond acceptors (Lipinski definition) is 3. The lowest BCUT2D eigenvalue weighted by Gasteiger charge is -2.07. The number of carboxylic acid groups (broad SMARTS) is 1. The third kappa shape index (κ3) is 3.64. The van der Waals surface area contributed by atoms with Crippen LogP contribution in [0.2, 0.25) is 0 Å². The second kappa shape index (κ2) is 6.29. The molecule has 0 saturated heterocycles. The monoisotopic (exact) mass is 334 g/mol. The van der Waals surface area contributed by atoms with Gasteiger partial charge < -0.3 is 10.4 Å². The minimum Gasteiger partial charge on any atom is -0.481 e. The number of benzene rings is 1. The molecule has 0 saturated carbocycles. The molecule has 1 heterocycles. The van der Waals surface area contributed by atoms with Gasteiger partial charge >= 0.3 is 5.97 Å². The molecule has 0 unspecified atom stereocenters. The molecule has 0 spiro atoms.